The van der Waals surface area contributed by atoms with Gasteiger partial charge in [-0.3, -0.25) is 4.52 Å². The molecule has 1 atom stereocenters. The van der Waals surface area contributed by atoms with Crippen molar-refractivity contribution in [1.29, 1.82) is 0 Å². The van der Waals surface area contributed by atoms with Gasteiger partial charge < -0.3 is 9.79 Å². The molecule has 176 valence electrons. The maximum atomic E-state index is 11.7. The minimum absolute atomic E-state index is 0.303. The topological polar surface area (TPSA) is 101 Å². The zero-order chi connectivity index (χ0) is 22.0. The number of rotatable bonds is 21. The Labute approximate surface area is 183 Å². The van der Waals surface area contributed by atoms with Gasteiger partial charge >= 0.3 is 7.82 Å². The average Bonchev–Trinajstić information content (AvgIpc) is 2.61. The van der Waals surface area contributed by atoms with Crippen LogP contribution in [0.2, 0.25) is 0 Å². The molecule has 0 aliphatic rings. The van der Waals surface area contributed by atoms with E-state index in [2.05, 4.69) is 11.4 Å². The van der Waals surface area contributed by atoms with E-state index in [4.69, 9.17) is 9.79 Å². The standard InChI is InChI=1S/C20H43O6PS2/c1-3-4-5-6-7-8-9-10-11-12-13-14-15-16-17-28-19-20(29(2,24)25)18-26-27(21,22)23/h20H,3-19H2,1-2H3,(H2,21,22,23). The highest BCUT2D eigenvalue weighted by molar-refractivity contribution is 8.00. The van der Waals surface area contributed by atoms with E-state index in [1.54, 1.807) is 0 Å². The van der Waals surface area contributed by atoms with Crippen LogP contribution in [0.3, 0.4) is 0 Å². The molecule has 0 bridgehead atoms. The van der Waals surface area contributed by atoms with Crippen molar-refractivity contribution in [3.8, 4) is 0 Å². The molecule has 0 aromatic carbocycles. The van der Waals surface area contributed by atoms with Crippen LogP contribution >= 0.6 is 19.6 Å². The Morgan fingerprint density at radius 3 is 1.62 bits per heavy atom. The first-order valence-electron chi connectivity index (χ1n) is 11.1. The van der Waals surface area contributed by atoms with Gasteiger partial charge in [0.1, 0.15) is 0 Å². The van der Waals surface area contributed by atoms with E-state index in [9.17, 15) is 13.0 Å². The predicted molar refractivity (Wildman–Crippen MR) is 124 cm³/mol. The molecule has 0 aliphatic carbocycles. The molecule has 0 heterocycles. The van der Waals surface area contributed by atoms with Gasteiger partial charge in [-0.05, 0) is 12.2 Å². The van der Waals surface area contributed by atoms with Crippen LogP contribution in [0.5, 0.6) is 0 Å². The minimum atomic E-state index is -4.64. The Morgan fingerprint density at radius 1 is 0.828 bits per heavy atom. The highest BCUT2D eigenvalue weighted by Crippen LogP contribution is 2.36. The third kappa shape index (κ3) is 21.4. The lowest BCUT2D eigenvalue weighted by Crippen LogP contribution is -2.28. The molecule has 0 aromatic heterocycles. The van der Waals surface area contributed by atoms with E-state index in [-0.39, 0.29) is 0 Å². The fourth-order valence-corrected chi connectivity index (χ4v) is 6.09. The Balaban J connectivity index is 3.52. The Bertz CT molecular complexity index is 521. The Hall–Kier alpha value is 0.410. The smallest absolute Gasteiger partial charge is 0.303 e. The van der Waals surface area contributed by atoms with E-state index in [0.29, 0.717) is 5.75 Å². The third-order valence-corrected chi connectivity index (χ3v) is 8.41. The van der Waals surface area contributed by atoms with Crippen LogP contribution in [-0.4, -0.2) is 47.8 Å². The Morgan fingerprint density at radius 2 is 1.24 bits per heavy atom. The first-order chi connectivity index (χ1) is 13.7. The number of unbranched alkanes of at least 4 members (excludes halogenated alkanes) is 13. The largest absolute Gasteiger partial charge is 0.469 e. The van der Waals surface area contributed by atoms with Gasteiger partial charge in [0, 0.05) is 12.0 Å². The lowest BCUT2D eigenvalue weighted by molar-refractivity contribution is 0.199. The molecule has 0 aliphatic heterocycles. The van der Waals surface area contributed by atoms with Crippen LogP contribution < -0.4 is 0 Å². The summed E-state index contributed by atoms with van der Waals surface area (Å²) in [6.07, 6.45) is 19.4. The molecule has 0 fully saturated rings. The van der Waals surface area contributed by atoms with Crippen LogP contribution in [0.25, 0.3) is 0 Å². The molecule has 0 rings (SSSR count). The number of phosphoric acid groups is 1. The van der Waals surface area contributed by atoms with Gasteiger partial charge in [0.25, 0.3) is 0 Å². The van der Waals surface area contributed by atoms with Crippen molar-refractivity contribution < 1.29 is 27.3 Å². The van der Waals surface area contributed by atoms with Crippen LogP contribution in [0.15, 0.2) is 0 Å². The van der Waals surface area contributed by atoms with Crippen molar-refractivity contribution in [2.45, 2.75) is 102 Å². The summed E-state index contributed by atoms with van der Waals surface area (Å²) in [5.74, 6) is 1.16. The van der Waals surface area contributed by atoms with Gasteiger partial charge in [0.2, 0.25) is 0 Å². The molecule has 29 heavy (non-hydrogen) atoms. The summed E-state index contributed by atoms with van der Waals surface area (Å²) < 4.78 is 38.5. The SMILES string of the molecule is CCCCCCCCCCCCCCCCSCC(COP(=O)(O)O)S(C)(=O)=O. The highest BCUT2D eigenvalue weighted by Gasteiger charge is 2.25. The number of sulfone groups is 1. The van der Waals surface area contributed by atoms with E-state index in [1.165, 1.54) is 88.8 Å². The lowest BCUT2D eigenvalue weighted by Gasteiger charge is -2.15. The van der Waals surface area contributed by atoms with E-state index < -0.39 is 29.5 Å². The van der Waals surface area contributed by atoms with E-state index >= 15 is 0 Å². The van der Waals surface area contributed by atoms with Crippen molar-refractivity contribution in [2.24, 2.45) is 0 Å². The monoisotopic (exact) mass is 474 g/mol. The van der Waals surface area contributed by atoms with Gasteiger partial charge in [0.15, 0.2) is 9.84 Å². The molecule has 2 N–H and O–H groups in total. The molecule has 0 aromatic rings. The summed E-state index contributed by atoms with van der Waals surface area (Å²) in [7, 11) is -8.04. The molecule has 1 unspecified atom stereocenters. The zero-order valence-corrected chi connectivity index (χ0v) is 20.9. The maximum Gasteiger partial charge on any atom is 0.469 e. The second-order valence-corrected chi connectivity index (χ2v) is 12.6. The van der Waals surface area contributed by atoms with E-state index in [1.807, 2.05) is 0 Å². The molecule has 0 saturated carbocycles. The van der Waals surface area contributed by atoms with Crippen molar-refractivity contribution in [2.75, 3.05) is 24.4 Å². The quantitative estimate of drug-likeness (QED) is 0.162. The number of thioether (sulfide) groups is 1. The van der Waals surface area contributed by atoms with Crippen LogP contribution in [-0.2, 0) is 18.9 Å². The molecule has 0 radical (unpaired) electrons. The second-order valence-electron chi connectivity index (χ2n) is 7.91. The lowest BCUT2D eigenvalue weighted by atomic mass is 10.0. The third-order valence-electron chi connectivity index (χ3n) is 4.98. The first kappa shape index (κ1) is 29.4. The van der Waals surface area contributed by atoms with Crippen LogP contribution in [0.1, 0.15) is 96.8 Å². The normalized spacial score (nSPS) is 13.7. The molecule has 6 nitrogen and oxygen atoms in total. The molecular weight excluding hydrogens is 431 g/mol. The van der Waals surface area contributed by atoms with Crippen molar-refractivity contribution in [3.05, 3.63) is 0 Å². The average molecular weight is 475 g/mol. The zero-order valence-electron chi connectivity index (χ0n) is 18.4. The number of phosphoric ester groups is 1. The summed E-state index contributed by atoms with van der Waals surface area (Å²) in [5.41, 5.74) is 0. The molecular formula is C20H43O6PS2. The summed E-state index contributed by atoms with van der Waals surface area (Å²) >= 11 is 1.51. The summed E-state index contributed by atoms with van der Waals surface area (Å²) in [6.45, 7) is 1.79. The molecule has 0 spiro atoms. The fourth-order valence-electron chi connectivity index (χ4n) is 3.09. The van der Waals surface area contributed by atoms with Crippen LogP contribution in [0.4, 0.5) is 0 Å². The summed E-state index contributed by atoms with van der Waals surface area (Å²) in [5, 5.41) is -0.883. The Kier molecular flexibility index (Phi) is 18.3. The first-order valence-corrected chi connectivity index (χ1v) is 15.8. The van der Waals surface area contributed by atoms with Crippen molar-refractivity contribution >= 4 is 29.4 Å². The molecule has 0 saturated heterocycles. The van der Waals surface area contributed by atoms with Gasteiger partial charge in [-0.15, -0.1) is 0 Å². The summed E-state index contributed by atoms with van der Waals surface area (Å²) in [4.78, 5) is 17.5. The van der Waals surface area contributed by atoms with E-state index in [0.717, 1.165) is 24.9 Å². The van der Waals surface area contributed by atoms with Gasteiger partial charge in [0.05, 0.1) is 11.9 Å². The second kappa shape index (κ2) is 18.0. The predicted octanol–water partition coefficient (Wildman–Crippen LogP) is 5.72. The number of hydrogen-bond acceptors (Lipinski definition) is 5. The summed E-state index contributed by atoms with van der Waals surface area (Å²) in [6, 6.07) is 0. The van der Waals surface area contributed by atoms with Gasteiger partial charge in [-0.1, -0.05) is 90.4 Å². The molecule has 0 amide bonds. The minimum Gasteiger partial charge on any atom is -0.303 e. The maximum absolute atomic E-state index is 11.7. The molecule has 9 heteroatoms. The van der Waals surface area contributed by atoms with Crippen molar-refractivity contribution in [1.82, 2.24) is 0 Å². The van der Waals surface area contributed by atoms with Crippen molar-refractivity contribution in [3.63, 3.8) is 0 Å². The number of hydrogen-bond donors (Lipinski definition) is 2. The highest BCUT2D eigenvalue weighted by atomic mass is 32.2. The van der Waals surface area contributed by atoms with Crippen LogP contribution in [0, 0.1) is 0 Å². The fraction of sp³-hybridized carbons (Fsp3) is 1.00. The van der Waals surface area contributed by atoms with Gasteiger partial charge in [-0.2, -0.15) is 11.8 Å². The van der Waals surface area contributed by atoms with Gasteiger partial charge in [-0.25, -0.2) is 13.0 Å².